The van der Waals surface area contributed by atoms with E-state index in [0.717, 1.165) is 5.69 Å². The first-order valence-electron chi connectivity index (χ1n) is 21.8. The Kier molecular flexibility index (Phi) is 7.98. The van der Waals surface area contributed by atoms with Crippen molar-refractivity contribution < 1.29 is 0 Å². The van der Waals surface area contributed by atoms with E-state index in [2.05, 4.69) is 241 Å². The molecule has 1 aromatic heterocycles. The lowest BCUT2D eigenvalue weighted by molar-refractivity contribution is 1.15. The van der Waals surface area contributed by atoms with E-state index in [1.54, 1.807) is 0 Å². The molecule has 0 fully saturated rings. The number of aromatic nitrogens is 1. The van der Waals surface area contributed by atoms with Crippen LogP contribution in [-0.2, 0) is 0 Å². The molecule has 13 rings (SSSR count). The largest absolute Gasteiger partial charge is 0.308 e. The molecule has 0 atom stereocenters. The van der Waals surface area contributed by atoms with Crippen LogP contribution in [0.5, 0.6) is 0 Å². The summed E-state index contributed by atoms with van der Waals surface area (Å²) in [6.45, 7) is 0. The molecule has 1 nitrogen and oxygen atoms in total. The Morgan fingerprint density at radius 1 is 0.222 bits per heavy atom. The second-order valence-corrected chi connectivity index (χ2v) is 16.8. The minimum absolute atomic E-state index is 1.16. The maximum atomic E-state index is 2.58. The van der Waals surface area contributed by atoms with Crippen LogP contribution in [0, 0.1) is 0 Å². The van der Waals surface area contributed by atoms with Crippen LogP contribution in [0.1, 0.15) is 0 Å². The zero-order valence-electron chi connectivity index (χ0n) is 34.5. The topological polar surface area (TPSA) is 4.93 Å². The van der Waals surface area contributed by atoms with Gasteiger partial charge in [-0.05, 0) is 123 Å². The van der Waals surface area contributed by atoms with Crippen LogP contribution in [0.3, 0.4) is 0 Å². The van der Waals surface area contributed by atoms with E-state index in [-0.39, 0.29) is 0 Å². The van der Waals surface area contributed by atoms with E-state index in [1.165, 1.54) is 120 Å². The fourth-order valence-corrected chi connectivity index (χ4v) is 10.5. The normalized spacial score (nSPS) is 11.8. The predicted molar refractivity (Wildman–Crippen MR) is 270 cm³/mol. The number of hydrogen-bond acceptors (Lipinski definition) is 0. The number of benzene rings is 12. The molecule has 0 saturated carbocycles. The molecule has 0 aliphatic rings. The smallest absolute Gasteiger partial charge is 0.0619 e. The third-order valence-electron chi connectivity index (χ3n) is 13.3. The van der Waals surface area contributed by atoms with Gasteiger partial charge in [0.25, 0.3) is 0 Å². The number of fused-ring (bicyclic) bond motifs is 8. The highest BCUT2D eigenvalue weighted by Crippen LogP contribution is 2.50. The molecule has 0 radical (unpaired) electrons. The SMILES string of the molecule is c1ccc(-c2c(-c3ccccc3)n(-c3cc4ccccc4c4ccccc34)c3cc4c(-c5ccc6ccccc6c5)c5ccccc5c(-c5ccc6ccccc6c5)c4cc23)cc1. The van der Waals surface area contributed by atoms with Gasteiger partial charge in [0.2, 0.25) is 0 Å². The van der Waals surface area contributed by atoms with Crippen LogP contribution in [0.4, 0.5) is 0 Å². The summed E-state index contributed by atoms with van der Waals surface area (Å²) >= 11 is 0. The second-order valence-electron chi connectivity index (χ2n) is 16.8. The Morgan fingerprint density at radius 3 is 1.29 bits per heavy atom. The first-order chi connectivity index (χ1) is 31.3. The summed E-state index contributed by atoms with van der Waals surface area (Å²) < 4.78 is 2.58. The molecule has 0 N–H and O–H groups in total. The average Bonchev–Trinajstić information content (AvgIpc) is 3.68. The molecule has 0 spiro atoms. The summed E-state index contributed by atoms with van der Waals surface area (Å²) in [7, 11) is 0. The minimum atomic E-state index is 1.16. The molecule has 0 amide bonds. The maximum absolute atomic E-state index is 2.58. The third kappa shape index (κ3) is 5.57. The summed E-state index contributed by atoms with van der Waals surface area (Å²) in [5.41, 5.74) is 12.0. The predicted octanol–water partition coefficient (Wildman–Crippen LogP) is 17.2. The van der Waals surface area contributed by atoms with Crippen molar-refractivity contribution in [3.63, 3.8) is 0 Å². The van der Waals surface area contributed by atoms with E-state index in [9.17, 15) is 0 Å². The van der Waals surface area contributed by atoms with Gasteiger partial charge in [-0.15, -0.1) is 0 Å². The molecular formula is C62H39N. The Morgan fingerprint density at radius 2 is 0.683 bits per heavy atom. The third-order valence-corrected chi connectivity index (χ3v) is 13.3. The van der Waals surface area contributed by atoms with Crippen LogP contribution in [-0.4, -0.2) is 4.57 Å². The summed E-state index contributed by atoms with van der Waals surface area (Å²) in [6.07, 6.45) is 0. The van der Waals surface area contributed by atoms with Crippen LogP contribution >= 0.6 is 0 Å². The molecule has 1 heterocycles. The van der Waals surface area contributed by atoms with Crippen molar-refractivity contribution in [1.82, 2.24) is 4.57 Å². The van der Waals surface area contributed by atoms with Gasteiger partial charge in [0.05, 0.1) is 16.9 Å². The Balaban J connectivity index is 1.28. The van der Waals surface area contributed by atoms with E-state index in [4.69, 9.17) is 0 Å². The van der Waals surface area contributed by atoms with Crippen molar-refractivity contribution >= 4 is 75.5 Å². The van der Waals surface area contributed by atoms with E-state index < -0.39 is 0 Å². The second kappa shape index (κ2) is 14.2. The molecule has 0 aliphatic carbocycles. The van der Waals surface area contributed by atoms with Crippen LogP contribution in [0.25, 0.3) is 126 Å². The standard InChI is InChI=1S/C62H39N/c1-3-19-42(20-4-1)61-56-38-54-55(39-58(56)63(62(61)43-21-5-2-6-22-43)57-37-46-25-11-12-26-49(46)50-27-13-14-28-51(50)57)60(48-34-32-41-18-8-10-24-45(41)36-48)53-30-16-15-29-52(53)59(54)47-33-31-40-17-7-9-23-44(40)35-47/h1-39H. The van der Waals surface area contributed by atoms with Crippen LogP contribution in [0.2, 0.25) is 0 Å². The highest BCUT2D eigenvalue weighted by Gasteiger charge is 2.26. The molecule has 292 valence electrons. The monoisotopic (exact) mass is 797 g/mol. The molecule has 13 aromatic rings. The van der Waals surface area contributed by atoms with E-state index in [1.807, 2.05) is 0 Å². The fraction of sp³-hybridized carbons (Fsp3) is 0. The van der Waals surface area contributed by atoms with Gasteiger partial charge in [0, 0.05) is 16.3 Å². The van der Waals surface area contributed by atoms with Crippen LogP contribution < -0.4 is 0 Å². The van der Waals surface area contributed by atoms with Crippen LogP contribution in [0.15, 0.2) is 237 Å². The fourth-order valence-electron chi connectivity index (χ4n) is 10.5. The highest BCUT2D eigenvalue weighted by molar-refractivity contribution is 6.26. The molecule has 0 aliphatic heterocycles. The van der Waals surface area contributed by atoms with Crippen molar-refractivity contribution in [2.75, 3.05) is 0 Å². The van der Waals surface area contributed by atoms with Crippen molar-refractivity contribution in [1.29, 1.82) is 0 Å². The molecule has 0 saturated heterocycles. The van der Waals surface area contributed by atoms with Crippen molar-refractivity contribution in [2.24, 2.45) is 0 Å². The number of nitrogens with zero attached hydrogens (tertiary/aromatic N) is 1. The van der Waals surface area contributed by atoms with Gasteiger partial charge in [-0.1, -0.05) is 206 Å². The van der Waals surface area contributed by atoms with E-state index >= 15 is 0 Å². The van der Waals surface area contributed by atoms with Gasteiger partial charge >= 0.3 is 0 Å². The molecule has 12 aromatic carbocycles. The number of hydrogen-bond donors (Lipinski definition) is 0. The van der Waals surface area contributed by atoms with Gasteiger partial charge in [-0.25, -0.2) is 0 Å². The van der Waals surface area contributed by atoms with Crippen molar-refractivity contribution in [3.8, 4) is 50.3 Å². The lowest BCUT2D eigenvalue weighted by Crippen LogP contribution is -2.00. The lowest BCUT2D eigenvalue weighted by Gasteiger charge is -2.20. The molecule has 1 heteroatoms. The highest BCUT2D eigenvalue weighted by atomic mass is 15.0. The average molecular weight is 798 g/mol. The van der Waals surface area contributed by atoms with E-state index in [0.29, 0.717) is 0 Å². The summed E-state index contributed by atoms with van der Waals surface area (Å²) in [4.78, 5) is 0. The first kappa shape index (κ1) is 35.5. The molecular weight excluding hydrogens is 759 g/mol. The first-order valence-corrected chi connectivity index (χ1v) is 21.8. The Hall–Kier alpha value is -8.26. The summed E-state index contributed by atoms with van der Waals surface area (Å²) in [6, 6.07) is 87.7. The maximum Gasteiger partial charge on any atom is 0.0619 e. The quantitative estimate of drug-likeness (QED) is 0.121. The van der Waals surface area contributed by atoms with Gasteiger partial charge in [-0.3, -0.25) is 0 Å². The Labute approximate surface area is 365 Å². The molecule has 0 unspecified atom stereocenters. The Bertz CT molecular complexity index is 3950. The zero-order valence-corrected chi connectivity index (χ0v) is 34.5. The summed E-state index contributed by atoms with van der Waals surface area (Å²) in [5, 5.41) is 16.0. The minimum Gasteiger partial charge on any atom is -0.308 e. The van der Waals surface area contributed by atoms with Gasteiger partial charge < -0.3 is 4.57 Å². The van der Waals surface area contributed by atoms with Gasteiger partial charge in [0.15, 0.2) is 0 Å². The lowest BCUT2D eigenvalue weighted by atomic mass is 9.84. The van der Waals surface area contributed by atoms with Crippen molar-refractivity contribution in [3.05, 3.63) is 237 Å². The molecule has 0 bridgehead atoms. The van der Waals surface area contributed by atoms with Crippen molar-refractivity contribution in [2.45, 2.75) is 0 Å². The van der Waals surface area contributed by atoms with Gasteiger partial charge in [-0.2, -0.15) is 0 Å². The molecule has 63 heavy (non-hydrogen) atoms. The zero-order chi connectivity index (χ0) is 41.4. The van der Waals surface area contributed by atoms with Gasteiger partial charge in [0.1, 0.15) is 0 Å². The number of rotatable bonds is 5. The summed E-state index contributed by atoms with van der Waals surface area (Å²) in [5.74, 6) is 0.